The van der Waals surface area contributed by atoms with Gasteiger partial charge in [0, 0.05) is 30.0 Å². The molecule has 31 heavy (non-hydrogen) atoms. The molecule has 0 aliphatic heterocycles. The van der Waals surface area contributed by atoms with E-state index in [1.54, 1.807) is 14.0 Å². The quantitative estimate of drug-likeness (QED) is 0.313. The molecule has 0 saturated carbocycles. The third kappa shape index (κ3) is 7.58. The van der Waals surface area contributed by atoms with Crippen LogP contribution in [-0.4, -0.2) is 58.8 Å². The van der Waals surface area contributed by atoms with Crippen LogP contribution in [0.15, 0.2) is 42.5 Å². The van der Waals surface area contributed by atoms with E-state index in [1.807, 2.05) is 37.3 Å². The SMILES string of the molecule is C=C(C)C(=O)OCCOCCNC(=O)Oc1c(C)cc(OCCOC)c2ccccc12. The Balaban J connectivity index is 1.86. The lowest BCUT2D eigenvalue weighted by Gasteiger charge is -2.15. The number of aryl methyl sites for hydroxylation is 1. The number of hydrogen-bond acceptors (Lipinski definition) is 7. The van der Waals surface area contributed by atoms with Crippen LogP contribution < -0.4 is 14.8 Å². The summed E-state index contributed by atoms with van der Waals surface area (Å²) in [6, 6.07) is 9.41. The maximum atomic E-state index is 12.2. The molecule has 2 aromatic carbocycles. The molecule has 0 aromatic heterocycles. The molecule has 2 rings (SSSR count). The first-order chi connectivity index (χ1) is 14.9. The van der Waals surface area contributed by atoms with Crippen LogP contribution >= 0.6 is 0 Å². The van der Waals surface area contributed by atoms with Crippen molar-refractivity contribution in [2.75, 3.05) is 46.7 Å². The highest BCUT2D eigenvalue weighted by Gasteiger charge is 2.15. The van der Waals surface area contributed by atoms with Crippen LogP contribution in [0.4, 0.5) is 4.79 Å². The molecule has 0 aliphatic carbocycles. The Bertz CT molecular complexity index is 910. The summed E-state index contributed by atoms with van der Waals surface area (Å²) in [5, 5.41) is 4.27. The second kappa shape index (κ2) is 12.6. The molecule has 0 unspecified atom stereocenters. The maximum Gasteiger partial charge on any atom is 0.412 e. The third-order valence-corrected chi connectivity index (χ3v) is 4.21. The van der Waals surface area contributed by atoms with Crippen molar-refractivity contribution >= 4 is 22.8 Å². The van der Waals surface area contributed by atoms with Gasteiger partial charge in [0.25, 0.3) is 0 Å². The van der Waals surface area contributed by atoms with Gasteiger partial charge in [-0.2, -0.15) is 0 Å². The Morgan fingerprint density at radius 2 is 1.77 bits per heavy atom. The van der Waals surface area contributed by atoms with Gasteiger partial charge >= 0.3 is 12.1 Å². The summed E-state index contributed by atoms with van der Waals surface area (Å²) < 4.78 is 26.6. The van der Waals surface area contributed by atoms with E-state index in [-0.39, 0.29) is 26.4 Å². The fraction of sp³-hybridized carbons (Fsp3) is 0.391. The van der Waals surface area contributed by atoms with Crippen molar-refractivity contribution in [1.29, 1.82) is 0 Å². The number of carbonyl (C=O) groups excluding carboxylic acids is 2. The molecular formula is C23H29NO7. The molecule has 1 N–H and O–H groups in total. The van der Waals surface area contributed by atoms with Gasteiger partial charge in [0.15, 0.2) is 0 Å². The molecule has 0 aliphatic rings. The van der Waals surface area contributed by atoms with Gasteiger partial charge in [0.2, 0.25) is 0 Å². The number of hydrogen-bond donors (Lipinski definition) is 1. The number of benzene rings is 2. The predicted octanol–water partition coefficient (Wildman–Crippen LogP) is 3.40. The number of carbonyl (C=O) groups is 2. The van der Waals surface area contributed by atoms with Crippen molar-refractivity contribution in [2.45, 2.75) is 13.8 Å². The summed E-state index contributed by atoms with van der Waals surface area (Å²) in [4.78, 5) is 23.5. The summed E-state index contributed by atoms with van der Waals surface area (Å²) in [7, 11) is 1.62. The van der Waals surface area contributed by atoms with E-state index < -0.39 is 12.1 Å². The normalized spacial score (nSPS) is 10.5. The molecule has 0 heterocycles. The van der Waals surface area contributed by atoms with Crippen molar-refractivity contribution in [3.63, 3.8) is 0 Å². The molecule has 0 spiro atoms. The highest BCUT2D eigenvalue weighted by molar-refractivity contribution is 5.95. The number of nitrogens with one attached hydrogen (secondary N) is 1. The Morgan fingerprint density at radius 1 is 1.03 bits per heavy atom. The van der Waals surface area contributed by atoms with E-state index in [9.17, 15) is 9.59 Å². The molecular weight excluding hydrogens is 402 g/mol. The van der Waals surface area contributed by atoms with Gasteiger partial charge in [-0.15, -0.1) is 0 Å². The predicted molar refractivity (Wildman–Crippen MR) is 117 cm³/mol. The Morgan fingerprint density at radius 3 is 2.48 bits per heavy atom. The smallest absolute Gasteiger partial charge is 0.412 e. The second-order valence-corrected chi connectivity index (χ2v) is 6.75. The second-order valence-electron chi connectivity index (χ2n) is 6.75. The first kappa shape index (κ1) is 24.2. The number of amides is 1. The van der Waals surface area contributed by atoms with Crippen molar-refractivity contribution in [3.05, 3.63) is 48.0 Å². The topological polar surface area (TPSA) is 92.3 Å². The minimum absolute atomic E-state index is 0.125. The highest BCUT2D eigenvalue weighted by atomic mass is 16.6. The first-order valence-corrected chi connectivity index (χ1v) is 9.94. The summed E-state index contributed by atoms with van der Waals surface area (Å²) in [5.74, 6) is 0.724. The van der Waals surface area contributed by atoms with E-state index in [0.717, 1.165) is 16.3 Å². The molecule has 8 nitrogen and oxygen atoms in total. The molecule has 0 fully saturated rings. The van der Waals surface area contributed by atoms with Gasteiger partial charge in [-0.05, 0) is 25.5 Å². The number of fused-ring (bicyclic) bond motifs is 1. The zero-order valence-electron chi connectivity index (χ0n) is 18.2. The average molecular weight is 431 g/mol. The number of esters is 1. The minimum atomic E-state index is -0.585. The van der Waals surface area contributed by atoms with Crippen molar-refractivity contribution < 1.29 is 33.3 Å². The largest absolute Gasteiger partial charge is 0.491 e. The molecule has 168 valence electrons. The van der Waals surface area contributed by atoms with Crippen molar-refractivity contribution in [3.8, 4) is 11.5 Å². The molecule has 0 bridgehead atoms. The molecule has 8 heteroatoms. The fourth-order valence-electron chi connectivity index (χ4n) is 2.71. The standard InChI is InChI=1S/C23H29NO7/c1-16(2)22(25)30-14-12-28-10-9-24-23(26)31-21-17(3)15-20(29-13-11-27-4)18-7-5-6-8-19(18)21/h5-8,15H,1,9-14H2,2-4H3,(H,24,26). The molecule has 0 atom stereocenters. The van der Waals surface area contributed by atoms with Crippen LogP contribution in [0, 0.1) is 6.92 Å². The van der Waals surface area contributed by atoms with Gasteiger partial charge in [-0.3, -0.25) is 0 Å². The summed E-state index contributed by atoms with van der Waals surface area (Å²) in [6.07, 6.45) is -0.585. The van der Waals surface area contributed by atoms with Crippen molar-refractivity contribution in [2.24, 2.45) is 0 Å². The highest BCUT2D eigenvalue weighted by Crippen LogP contribution is 2.36. The van der Waals surface area contributed by atoms with Gasteiger partial charge in [-0.25, -0.2) is 9.59 Å². The van der Waals surface area contributed by atoms with Crippen LogP contribution in [0.1, 0.15) is 12.5 Å². The Kier molecular flexibility index (Phi) is 9.80. The van der Waals surface area contributed by atoms with Crippen LogP contribution in [-0.2, 0) is 19.0 Å². The van der Waals surface area contributed by atoms with Gasteiger partial charge < -0.3 is 29.0 Å². The maximum absolute atomic E-state index is 12.2. The number of rotatable bonds is 12. The molecule has 0 saturated heterocycles. The lowest BCUT2D eigenvalue weighted by Crippen LogP contribution is -2.30. The van der Waals surface area contributed by atoms with E-state index >= 15 is 0 Å². The summed E-state index contributed by atoms with van der Waals surface area (Å²) in [5.41, 5.74) is 1.11. The first-order valence-electron chi connectivity index (χ1n) is 9.94. The molecule has 1 amide bonds. The molecule has 2 aromatic rings. The number of ether oxygens (including phenoxy) is 5. The van der Waals surface area contributed by atoms with E-state index in [4.69, 9.17) is 23.7 Å². The van der Waals surface area contributed by atoms with Crippen LogP contribution in [0.25, 0.3) is 10.8 Å². The average Bonchev–Trinajstić information content (AvgIpc) is 2.75. The van der Waals surface area contributed by atoms with E-state index in [1.165, 1.54) is 0 Å². The van der Waals surface area contributed by atoms with Crippen LogP contribution in [0.3, 0.4) is 0 Å². The zero-order valence-corrected chi connectivity index (χ0v) is 18.2. The Hall–Kier alpha value is -3.10. The monoisotopic (exact) mass is 431 g/mol. The van der Waals surface area contributed by atoms with E-state index in [2.05, 4.69) is 11.9 Å². The minimum Gasteiger partial charge on any atom is -0.491 e. The lowest BCUT2D eigenvalue weighted by molar-refractivity contribution is -0.140. The van der Waals surface area contributed by atoms with Gasteiger partial charge in [-0.1, -0.05) is 30.8 Å². The summed E-state index contributed by atoms with van der Waals surface area (Å²) in [6.45, 7) is 8.69. The number of methoxy groups -OCH3 is 1. The van der Waals surface area contributed by atoms with Crippen LogP contribution in [0.5, 0.6) is 11.5 Å². The lowest BCUT2D eigenvalue weighted by atomic mass is 10.0. The van der Waals surface area contributed by atoms with Crippen molar-refractivity contribution in [1.82, 2.24) is 5.32 Å². The zero-order chi connectivity index (χ0) is 22.6. The van der Waals surface area contributed by atoms with Gasteiger partial charge in [0.1, 0.15) is 24.7 Å². The third-order valence-electron chi connectivity index (χ3n) is 4.21. The summed E-state index contributed by atoms with van der Waals surface area (Å²) >= 11 is 0. The fourth-order valence-corrected chi connectivity index (χ4v) is 2.71. The van der Waals surface area contributed by atoms with Gasteiger partial charge in [0.05, 0.1) is 19.8 Å². The van der Waals surface area contributed by atoms with Crippen LogP contribution in [0.2, 0.25) is 0 Å². The van der Waals surface area contributed by atoms with E-state index in [0.29, 0.717) is 30.3 Å². The molecule has 0 radical (unpaired) electrons. The Labute approximate surface area is 182 Å².